The zero-order chi connectivity index (χ0) is 13.4. The molecule has 3 rings (SSSR count). The number of nitrogens with one attached hydrogen (secondary N) is 1. The number of aliphatic carboxylic acids is 1. The summed E-state index contributed by atoms with van der Waals surface area (Å²) in [4.78, 5) is 16.7. The summed E-state index contributed by atoms with van der Waals surface area (Å²) in [6.07, 6.45) is 3.45. The quantitative estimate of drug-likeness (QED) is 0.870. The molecule has 1 aromatic carbocycles. The first-order valence-electron chi connectivity index (χ1n) is 6.66. The SMILES string of the molecule is CN1CC[C@H](C(=O)O)C[C@@H]1c1c[nH]c2ccccc12. The van der Waals surface area contributed by atoms with E-state index >= 15 is 0 Å². The van der Waals surface area contributed by atoms with Crippen molar-refractivity contribution in [1.29, 1.82) is 0 Å². The minimum absolute atomic E-state index is 0.186. The number of hydrogen-bond acceptors (Lipinski definition) is 2. The van der Waals surface area contributed by atoms with Gasteiger partial charge in [0.2, 0.25) is 0 Å². The molecule has 1 saturated heterocycles. The van der Waals surface area contributed by atoms with Crippen molar-refractivity contribution in [3.63, 3.8) is 0 Å². The molecule has 1 aromatic heterocycles. The molecule has 0 saturated carbocycles. The highest BCUT2D eigenvalue weighted by Gasteiger charge is 2.32. The lowest BCUT2D eigenvalue weighted by Crippen LogP contribution is -2.36. The Hall–Kier alpha value is -1.81. The number of carboxylic acid groups (broad SMARTS) is 1. The molecule has 100 valence electrons. The number of carboxylic acids is 1. The van der Waals surface area contributed by atoms with Gasteiger partial charge in [-0.2, -0.15) is 0 Å². The third-order valence-corrected chi connectivity index (χ3v) is 4.20. The van der Waals surface area contributed by atoms with Crippen molar-refractivity contribution in [2.24, 2.45) is 5.92 Å². The minimum atomic E-state index is -0.669. The first-order valence-corrected chi connectivity index (χ1v) is 6.66. The average Bonchev–Trinajstić information content (AvgIpc) is 2.83. The number of fused-ring (bicyclic) bond motifs is 1. The number of aromatic amines is 1. The van der Waals surface area contributed by atoms with Crippen molar-refractivity contribution >= 4 is 16.9 Å². The molecule has 2 heterocycles. The standard InChI is InChI=1S/C15H18N2O2/c1-17-7-6-10(15(18)19)8-14(17)12-9-16-13-5-3-2-4-11(12)13/h2-5,9-10,14,16H,6-8H2,1H3,(H,18,19)/t10-,14+/m0/s1. The maximum absolute atomic E-state index is 11.2. The van der Waals surface area contributed by atoms with Crippen LogP contribution in [-0.4, -0.2) is 34.6 Å². The predicted octanol–water partition coefficient (Wildman–Crippen LogP) is 2.64. The van der Waals surface area contributed by atoms with Gasteiger partial charge in [0.15, 0.2) is 0 Å². The first kappa shape index (κ1) is 12.2. The number of benzene rings is 1. The fourth-order valence-corrected chi connectivity index (χ4v) is 3.04. The Morgan fingerprint density at radius 2 is 2.21 bits per heavy atom. The van der Waals surface area contributed by atoms with Gasteiger partial charge in [-0.15, -0.1) is 0 Å². The highest BCUT2D eigenvalue weighted by molar-refractivity contribution is 5.83. The molecule has 1 aliphatic rings. The van der Waals surface area contributed by atoms with Crippen LogP contribution in [0.2, 0.25) is 0 Å². The Bertz CT molecular complexity index is 605. The summed E-state index contributed by atoms with van der Waals surface area (Å²) in [5.74, 6) is -0.896. The van der Waals surface area contributed by atoms with E-state index < -0.39 is 5.97 Å². The number of H-pyrrole nitrogens is 1. The third-order valence-electron chi connectivity index (χ3n) is 4.20. The summed E-state index contributed by atoms with van der Waals surface area (Å²) in [5.41, 5.74) is 2.33. The minimum Gasteiger partial charge on any atom is -0.481 e. The fourth-order valence-electron chi connectivity index (χ4n) is 3.04. The highest BCUT2D eigenvalue weighted by Crippen LogP contribution is 2.36. The average molecular weight is 258 g/mol. The molecule has 2 aromatic rings. The first-order chi connectivity index (χ1) is 9.16. The van der Waals surface area contributed by atoms with Crippen LogP contribution in [0.5, 0.6) is 0 Å². The molecule has 2 atom stereocenters. The van der Waals surface area contributed by atoms with Gasteiger partial charge in [-0.3, -0.25) is 9.69 Å². The van der Waals surface area contributed by atoms with Crippen LogP contribution in [-0.2, 0) is 4.79 Å². The monoisotopic (exact) mass is 258 g/mol. The van der Waals surface area contributed by atoms with Crippen LogP contribution in [0.4, 0.5) is 0 Å². The van der Waals surface area contributed by atoms with Gasteiger partial charge in [0.05, 0.1) is 5.92 Å². The van der Waals surface area contributed by atoms with Gasteiger partial charge in [0, 0.05) is 23.1 Å². The molecule has 0 amide bonds. The van der Waals surface area contributed by atoms with Crippen molar-refractivity contribution < 1.29 is 9.90 Å². The lowest BCUT2D eigenvalue weighted by molar-refractivity contribution is -0.144. The van der Waals surface area contributed by atoms with Crippen molar-refractivity contribution in [2.45, 2.75) is 18.9 Å². The largest absolute Gasteiger partial charge is 0.481 e. The maximum Gasteiger partial charge on any atom is 0.306 e. The Kier molecular flexibility index (Phi) is 3.03. The summed E-state index contributed by atoms with van der Waals surface area (Å²) < 4.78 is 0. The van der Waals surface area contributed by atoms with E-state index in [-0.39, 0.29) is 12.0 Å². The molecule has 2 N–H and O–H groups in total. The summed E-state index contributed by atoms with van der Waals surface area (Å²) in [6, 6.07) is 8.37. The van der Waals surface area contributed by atoms with Crippen molar-refractivity contribution in [2.75, 3.05) is 13.6 Å². The van der Waals surface area contributed by atoms with Crippen LogP contribution in [0.25, 0.3) is 10.9 Å². The van der Waals surface area contributed by atoms with Crippen molar-refractivity contribution in [3.8, 4) is 0 Å². The number of likely N-dealkylation sites (tertiary alicyclic amines) is 1. The van der Waals surface area contributed by atoms with Crippen LogP contribution in [0.3, 0.4) is 0 Å². The van der Waals surface area contributed by atoms with Crippen LogP contribution >= 0.6 is 0 Å². The Labute approximate surface area is 112 Å². The zero-order valence-corrected chi connectivity index (χ0v) is 11.0. The highest BCUT2D eigenvalue weighted by atomic mass is 16.4. The smallest absolute Gasteiger partial charge is 0.306 e. The Morgan fingerprint density at radius 3 is 3.00 bits per heavy atom. The van der Waals surface area contributed by atoms with E-state index in [0.717, 1.165) is 18.5 Å². The molecule has 0 unspecified atom stereocenters. The molecule has 0 spiro atoms. The van der Waals surface area contributed by atoms with Gasteiger partial charge in [0.1, 0.15) is 0 Å². The molecule has 0 aliphatic carbocycles. The van der Waals surface area contributed by atoms with Crippen molar-refractivity contribution in [3.05, 3.63) is 36.0 Å². The predicted molar refractivity (Wildman–Crippen MR) is 74.0 cm³/mol. The van der Waals surface area contributed by atoms with Gasteiger partial charge in [-0.05, 0) is 38.1 Å². The second-order valence-corrected chi connectivity index (χ2v) is 5.35. The molecule has 4 heteroatoms. The Balaban J connectivity index is 1.97. The topological polar surface area (TPSA) is 56.3 Å². The van der Waals surface area contributed by atoms with Gasteiger partial charge in [0.25, 0.3) is 0 Å². The number of hydrogen-bond donors (Lipinski definition) is 2. The second-order valence-electron chi connectivity index (χ2n) is 5.35. The van der Waals surface area contributed by atoms with Gasteiger partial charge >= 0.3 is 5.97 Å². The molecule has 0 bridgehead atoms. The lowest BCUT2D eigenvalue weighted by atomic mass is 9.87. The number of aromatic nitrogens is 1. The van der Waals surface area contributed by atoms with E-state index in [1.54, 1.807) is 0 Å². The zero-order valence-electron chi connectivity index (χ0n) is 11.0. The van der Waals surface area contributed by atoms with Crippen LogP contribution in [0.1, 0.15) is 24.4 Å². The molecule has 1 aliphatic heterocycles. The van der Waals surface area contributed by atoms with E-state index in [1.807, 2.05) is 18.3 Å². The lowest BCUT2D eigenvalue weighted by Gasteiger charge is -2.35. The second kappa shape index (κ2) is 4.70. The molecular formula is C15H18N2O2. The fraction of sp³-hybridized carbons (Fsp3) is 0.400. The van der Waals surface area contributed by atoms with Crippen LogP contribution in [0.15, 0.2) is 30.5 Å². The van der Waals surface area contributed by atoms with E-state index in [1.165, 1.54) is 10.9 Å². The maximum atomic E-state index is 11.2. The van der Waals surface area contributed by atoms with E-state index in [0.29, 0.717) is 6.42 Å². The number of carbonyl (C=O) groups is 1. The van der Waals surface area contributed by atoms with E-state index in [4.69, 9.17) is 0 Å². The molecule has 0 radical (unpaired) electrons. The van der Waals surface area contributed by atoms with Crippen LogP contribution in [0, 0.1) is 5.92 Å². The number of nitrogens with zero attached hydrogens (tertiary/aromatic N) is 1. The molecule has 19 heavy (non-hydrogen) atoms. The molecular weight excluding hydrogens is 240 g/mol. The molecule has 1 fully saturated rings. The molecule has 4 nitrogen and oxygen atoms in total. The van der Waals surface area contributed by atoms with Crippen LogP contribution < -0.4 is 0 Å². The van der Waals surface area contributed by atoms with E-state index in [2.05, 4.69) is 29.1 Å². The van der Waals surface area contributed by atoms with Gasteiger partial charge in [-0.1, -0.05) is 18.2 Å². The summed E-state index contributed by atoms with van der Waals surface area (Å²) in [5, 5.41) is 10.4. The summed E-state index contributed by atoms with van der Waals surface area (Å²) in [7, 11) is 2.07. The van der Waals surface area contributed by atoms with Gasteiger partial charge in [-0.25, -0.2) is 0 Å². The number of piperidine rings is 1. The van der Waals surface area contributed by atoms with E-state index in [9.17, 15) is 9.90 Å². The number of rotatable bonds is 2. The Morgan fingerprint density at radius 1 is 1.42 bits per heavy atom. The van der Waals surface area contributed by atoms with Gasteiger partial charge < -0.3 is 10.1 Å². The normalized spacial score (nSPS) is 24.7. The van der Waals surface area contributed by atoms with Crippen molar-refractivity contribution in [1.82, 2.24) is 9.88 Å². The number of para-hydroxylation sites is 1. The summed E-state index contributed by atoms with van der Waals surface area (Å²) in [6.45, 7) is 0.834. The third kappa shape index (κ3) is 2.12. The summed E-state index contributed by atoms with van der Waals surface area (Å²) >= 11 is 0.